The molecule has 5 nitrogen and oxygen atoms in total. The lowest BCUT2D eigenvalue weighted by molar-refractivity contribution is -0.120. The van der Waals surface area contributed by atoms with Gasteiger partial charge in [-0.25, -0.2) is 0 Å². The van der Waals surface area contributed by atoms with Crippen molar-refractivity contribution in [3.05, 3.63) is 59.1 Å². The molecule has 0 aliphatic rings. The van der Waals surface area contributed by atoms with Crippen LogP contribution in [0.15, 0.2) is 53.7 Å². The molecule has 0 saturated heterocycles. The molecule has 132 valence electrons. The fraction of sp³-hybridized carbons (Fsp3) is 0.167. The molecule has 26 heavy (non-hydrogen) atoms. The average Bonchev–Trinajstić information content (AvgIpc) is 3.20. The number of thioether (sulfide) groups is 1. The van der Waals surface area contributed by atoms with Crippen molar-refractivity contribution in [1.82, 2.24) is 19.9 Å². The first-order chi connectivity index (χ1) is 12.6. The minimum absolute atomic E-state index is 0.0637. The Balaban J connectivity index is 1.49. The molecule has 4 rings (SSSR count). The number of carbonyl (C=O) groups is 1. The molecule has 1 atom stereocenters. The Morgan fingerprint density at radius 3 is 2.85 bits per heavy atom. The van der Waals surface area contributed by atoms with Crippen LogP contribution in [-0.4, -0.2) is 25.8 Å². The highest BCUT2D eigenvalue weighted by atomic mass is 35.5. The van der Waals surface area contributed by atoms with Crippen LogP contribution in [0.1, 0.15) is 12.5 Å². The van der Waals surface area contributed by atoms with Crippen LogP contribution in [0.4, 0.5) is 0 Å². The van der Waals surface area contributed by atoms with Crippen molar-refractivity contribution < 1.29 is 4.79 Å². The summed E-state index contributed by atoms with van der Waals surface area (Å²) in [6.45, 7) is 2.27. The summed E-state index contributed by atoms with van der Waals surface area (Å²) in [4.78, 5) is 13.3. The summed E-state index contributed by atoms with van der Waals surface area (Å²) in [5.41, 5.74) is 1.96. The number of benzene rings is 2. The molecule has 0 saturated carbocycles. The number of carbonyl (C=O) groups excluding carboxylic acids is 1. The normalized spacial score (nSPS) is 12.5. The van der Waals surface area contributed by atoms with Crippen LogP contribution in [0, 0.1) is 0 Å². The summed E-state index contributed by atoms with van der Waals surface area (Å²) < 4.78 is 3.15. The standard InChI is InChI=1S/C18H15ClN4OS2/c1-11(16(24)20-10-12-6-2-3-7-13(12)19)25-17-21-22-18-23(17)14-8-4-5-9-15(14)26-18/h2-9,11H,10H2,1H3,(H,20,24). The van der Waals surface area contributed by atoms with E-state index in [2.05, 4.69) is 21.6 Å². The summed E-state index contributed by atoms with van der Waals surface area (Å²) >= 11 is 9.12. The van der Waals surface area contributed by atoms with Gasteiger partial charge in [0.25, 0.3) is 0 Å². The van der Waals surface area contributed by atoms with Crippen LogP contribution in [0.3, 0.4) is 0 Å². The SMILES string of the molecule is CC(Sc1nnc2sc3ccccc3n12)C(=O)NCc1ccccc1Cl. The molecule has 0 radical (unpaired) electrons. The summed E-state index contributed by atoms with van der Waals surface area (Å²) in [6.07, 6.45) is 0. The van der Waals surface area contributed by atoms with Gasteiger partial charge in [-0.3, -0.25) is 9.20 Å². The van der Waals surface area contributed by atoms with E-state index in [9.17, 15) is 4.79 Å². The van der Waals surface area contributed by atoms with E-state index in [0.29, 0.717) is 11.6 Å². The third kappa shape index (κ3) is 3.30. The number of hydrogen-bond donors (Lipinski definition) is 1. The van der Waals surface area contributed by atoms with Gasteiger partial charge >= 0.3 is 0 Å². The minimum Gasteiger partial charge on any atom is -0.351 e. The smallest absolute Gasteiger partial charge is 0.233 e. The second-order valence-corrected chi connectivity index (χ2v) is 8.46. The van der Waals surface area contributed by atoms with Gasteiger partial charge in [0.2, 0.25) is 10.9 Å². The van der Waals surface area contributed by atoms with Gasteiger partial charge in [0.05, 0.1) is 15.5 Å². The van der Waals surface area contributed by atoms with Gasteiger partial charge in [-0.05, 0) is 30.7 Å². The topological polar surface area (TPSA) is 59.3 Å². The van der Waals surface area contributed by atoms with Gasteiger partial charge in [-0.1, -0.05) is 65.0 Å². The molecule has 2 aromatic heterocycles. The number of aromatic nitrogens is 3. The maximum Gasteiger partial charge on any atom is 0.233 e. The van der Waals surface area contributed by atoms with Crippen LogP contribution >= 0.6 is 34.7 Å². The first-order valence-electron chi connectivity index (χ1n) is 8.04. The van der Waals surface area contributed by atoms with Crippen LogP contribution in [0.25, 0.3) is 15.2 Å². The van der Waals surface area contributed by atoms with E-state index in [-0.39, 0.29) is 11.2 Å². The number of para-hydroxylation sites is 1. The molecule has 1 amide bonds. The number of rotatable bonds is 5. The van der Waals surface area contributed by atoms with Crippen LogP contribution in [-0.2, 0) is 11.3 Å². The maximum atomic E-state index is 12.5. The highest BCUT2D eigenvalue weighted by molar-refractivity contribution is 8.00. The van der Waals surface area contributed by atoms with Gasteiger partial charge in [0, 0.05) is 11.6 Å². The van der Waals surface area contributed by atoms with Gasteiger partial charge in [0.1, 0.15) is 0 Å². The first-order valence-corrected chi connectivity index (χ1v) is 10.1. The van der Waals surface area contributed by atoms with Gasteiger partial charge in [0.15, 0.2) is 5.16 Å². The van der Waals surface area contributed by atoms with Crippen molar-refractivity contribution in [1.29, 1.82) is 0 Å². The van der Waals surface area contributed by atoms with Crippen molar-refractivity contribution in [3.63, 3.8) is 0 Å². The molecular weight excluding hydrogens is 388 g/mol. The Morgan fingerprint density at radius 2 is 2.00 bits per heavy atom. The molecule has 8 heteroatoms. The summed E-state index contributed by atoms with van der Waals surface area (Å²) in [7, 11) is 0. The number of nitrogens with one attached hydrogen (secondary N) is 1. The molecule has 0 aliphatic heterocycles. The molecule has 0 aliphatic carbocycles. The summed E-state index contributed by atoms with van der Waals surface area (Å²) in [5.74, 6) is -0.0637. The van der Waals surface area contributed by atoms with E-state index >= 15 is 0 Å². The van der Waals surface area contributed by atoms with Gasteiger partial charge in [-0.15, -0.1) is 10.2 Å². The van der Waals surface area contributed by atoms with Crippen molar-refractivity contribution in [2.45, 2.75) is 23.9 Å². The molecule has 4 aromatic rings. The van der Waals surface area contributed by atoms with E-state index in [0.717, 1.165) is 25.9 Å². The summed E-state index contributed by atoms with van der Waals surface area (Å²) in [6, 6.07) is 15.6. The van der Waals surface area contributed by atoms with Crippen LogP contribution < -0.4 is 5.32 Å². The van der Waals surface area contributed by atoms with Crippen molar-refractivity contribution in [3.8, 4) is 0 Å². The van der Waals surface area contributed by atoms with E-state index in [4.69, 9.17) is 11.6 Å². The Labute approximate surface area is 163 Å². The Morgan fingerprint density at radius 1 is 1.23 bits per heavy atom. The van der Waals surface area contributed by atoms with Crippen LogP contribution in [0.5, 0.6) is 0 Å². The molecule has 1 N–H and O–H groups in total. The zero-order chi connectivity index (χ0) is 18.1. The lowest BCUT2D eigenvalue weighted by Gasteiger charge is -2.11. The Hall–Kier alpha value is -2.09. The summed E-state index contributed by atoms with van der Waals surface area (Å²) in [5, 5.41) is 12.5. The molecule has 0 fully saturated rings. The largest absolute Gasteiger partial charge is 0.351 e. The lowest BCUT2D eigenvalue weighted by Crippen LogP contribution is -2.30. The Kier molecular flexibility index (Phi) is 4.84. The molecule has 0 bridgehead atoms. The predicted molar refractivity (Wildman–Crippen MR) is 107 cm³/mol. The fourth-order valence-corrected chi connectivity index (χ4v) is 4.72. The molecule has 2 heterocycles. The zero-order valence-electron chi connectivity index (χ0n) is 13.8. The van der Waals surface area contributed by atoms with E-state index in [1.165, 1.54) is 11.8 Å². The van der Waals surface area contributed by atoms with E-state index in [1.807, 2.05) is 53.8 Å². The maximum absolute atomic E-state index is 12.5. The molecule has 0 spiro atoms. The zero-order valence-corrected chi connectivity index (χ0v) is 16.2. The number of halogens is 1. The van der Waals surface area contributed by atoms with Crippen molar-refractivity contribution in [2.24, 2.45) is 0 Å². The highest BCUT2D eigenvalue weighted by Gasteiger charge is 2.20. The van der Waals surface area contributed by atoms with E-state index in [1.54, 1.807) is 11.3 Å². The fourth-order valence-electron chi connectivity index (χ4n) is 2.61. The van der Waals surface area contributed by atoms with Crippen LogP contribution in [0.2, 0.25) is 5.02 Å². The average molecular weight is 403 g/mol. The van der Waals surface area contributed by atoms with Crippen molar-refractivity contribution in [2.75, 3.05) is 0 Å². The number of fused-ring (bicyclic) bond motifs is 3. The second-order valence-electron chi connectivity index (χ2n) is 5.74. The quantitative estimate of drug-likeness (QED) is 0.503. The molecule has 1 unspecified atom stereocenters. The second kappa shape index (κ2) is 7.26. The van der Waals surface area contributed by atoms with Gasteiger partial charge in [-0.2, -0.15) is 0 Å². The first kappa shape index (κ1) is 17.3. The molecule has 2 aromatic carbocycles. The number of amides is 1. The van der Waals surface area contributed by atoms with E-state index < -0.39 is 0 Å². The number of nitrogens with zero attached hydrogens (tertiary/aromatic N) is 3. The lowest BCUT2D eigenvalue weighted by atomic mass is 10.2. The highest BCUT2D eigenvalue weighted by Crippen LogP contribution is 2.31. The van der Waals surface area contributed by atoms with Gasteiger partial charge < -0.3 is 5.32 Å². The minimum atomic E-state index is -0.302. The predicted octanol–water partition coefficient (Wildman–Crippen LogP) is 4.39. The van der Waals surface area contributed by atoms with Crippen molar-refractivity contribution >= 4 is 55.8 Å². The number of hydrogen-bond acceptors (Lipinski definition) is 5. The Bertz CT molecular complexity index is 1090. The number of thiazole rings is 1. The third-order valence-electron chi connectivity index (χ3n) is 3.97. The monoisotopic (exact) mass is 402 g/mol. The third-order valence-corrected chi connectivity index (χ3v) is 6.40. The molecular formula is C18H15ClN4OS2.